The fourth-order valence-electron chi connectivity index (χ4n) is 2.22. The summed E-state index contributed by atoms with van der Waals surface area (Å²) in [4.78, 5) is 24.0. The molecule has 1 fully saturated rings. The van der Waals surface area contributed by atoms with E-state index in [-0.39, 0.29) is 18.7 Å². The maximum Gasteiger partial charge on any atom is 0.303 e. The lowest BCUT2D eigenvalue weighted by molar-refractivity contribution is -0.141. The Morgan fingerprint density at radius 2 is 1.76 bits per heavy atom. The summed E-state index contributed by atoms with van der Waals surface area (Å²) < 4.78 is 0. The van der Waals surface area contributed by atoms with Gasteiger partial charge in [0.2, 0.25) is 5.91 Å². The molecule has 4 nitrogen and oxygen atoms in total. The van der Waals surface area contributed by atoms with E-state index in [0.717, 1.165) is 25.9 Å². The molecule has 0 radical (unpaired) electrons. The van der Waals surface area contributed by atoms with Gasteiger partial charge in [0.1, 0.15) is 0 Å². The van der Waals surface area contributed by atoms with Gasteiger partial charge in [-0.2, -0.15) is 0 Å². The molecule has 0 bridgehead atoms. The third kappa shape index (κ3) is 3.72. The van der Waals surface area contributed by atoms with Crippen molar-refractivity contribution in [3.63, 3.8) is 0 Å². The summed E-state index contributed by atoms with van der Waals surface area (Å²) in [5.74, 6) is -0.292. The summed E-state index contributed by atoms with van der Waals surface area (Å²) >= 11 is 0. The van der Waals surface area contributed by atoms with E-state index in [0.29, 0.717) is 11.3 Å². The van der Waals surface area contributed by atoms with Crippen LogP contribution in [0.5, 0.6) is 0 Å². The van der Waals surface area contributed by atoms with Crippen LogP contribution < -0.4 is 0 Å². The molecule has 1 rings (SSSR count). The summed E-state index contributed by atoms with van der Waals surface area (Å²) in [5, 5.41) is 8.55. The SMILES string of the molecule is CC(C)C1(C)CCN(C(=O)CCC(=O)O)CC1. The number of likely N-dealkylation sites (tertiary alicyclic amines) is 1. The first-order valence-corrected chi connectivity index (χ1v) is 6.35. The standard InChI is InChI=1S/C13H23NO3/c1-10(2)13(3)6-8-14(9-7-13)11(15)4-5-12(16)17/h10H,4-9H2,1-3H3,(H,16,17). The topological polar surface area (TPSA) is 57.6 Å². The van der Waals surface area contributed by atoms with E-state index < -0.39 is 5.97 Å². The van der Waals surface area contributed by atoms with Crippen molar-refractivity contribution in [2.75, 3.05) is 13.1 Å². The van der Waals surface area contributed by atoms with E-state index in [1.54, 1.807) is 0 Å². The average molecular weight is 241 g/mol. The van der Waals surface area contributed by atoms with Gasteiger partial charge in [-0.3, -0.25) is 9.59 Å². The maximum atomic E-state index is 11.7. The smallest absolute Gasteiger partial charge is 0.303 e. The van der Waals surface area contributed by atoms with Crippen LogP contribution in [0.2, 0.25) is 0 Å². The second kappa shape index (κ2) is 5.52. The van der Waals surface area contributed by atoms with Gasteiger partial charge in [-0.1, -0.05) is 20.8 Å². The highest BCUT2D eigenvalue weighted by molar-refractivity contribution is 5.80. The highest BCUT2D eigenvalue weighted by Crippen LogP contribution is 2.38. The number of aliphatic carboxylic acids is 1. The van der Waals surface area contributed by atoms with Gasteiger partial charge in [-0.15, -0.1) is 0 Å². The molecule has 0 aromatic rings. The minimum atomic E-state index is -0.901. The van der Waals surface area contributed by atoms with Crippen LogP contribution in [0, 0.1) is 11.3 Å². The van der Waals surface area contributed by atoms with Gasteiger partial charge in [0.15, 0.2) is 0 Å². The van der Waals surface area contributed by atoms with E-state index in [4.69, 9.17) is 5.11 Å². The Bertz CT molecular complexity index is 291. The Kier molecular flexibility index (Phi) is 4.54. The van der Waals surface area contributed by atoms with Crippen LogP contribution in [-0.2, 0) is 9.59 Å². The number of carbonyl (C=O) groups is 2. The fraction of sp³-hybridized carbons (Fsp3) is 0.846. The second-order valence-electron chi connectivity index (χ2n) is 5.58. The number of carboxylic acid groups (broad SMARTS) is 1. The minimum Gasteiger partial charge on any atom is -0.481 e. The van der Waals surface area contributed by atoms with Gasteiger partial charge in [-0.05, 0) is 24.2 Å². The van der Waals surface area contributed by atoms with Crippen LogP contribution in [0.1, 0.15) is 46.5 Å². The third-order valence-electron chi connectivity index (χ3n) is 4.20. The van der Waals surface area contributed by atoms with Crippen LogP contribution in [0.15, 0.2) is 0 Å². The van der Waals surface area contributed by atoms with E-state index in [9.17, 15) is 9.59 Å². The van der Waals surface area contributed by atoms with Crippen molar-refractivity contribution >= 4 is 11.9 Å². The molecule has 1 aliphatic heterocycles. The number of hydrogen-bond acceptors (Lipinski definition) is 2. The molecular weight excluding hydrogens is 218 g/mol. The molecule has 1 aliphatic rings. The Morgan fingerprint density at radius 3 is 2.18 bits per heavy atom. The number of piperidine rings is 1. The average Bonchev–Trinajstić information content (AvgIpc) is 2.26. The van der Waals surface area contributed by atoms with Crippen LogP contribution in [0.3, 0.4) is 0 Å². The van der Waals surface area contributed by atoms with Gasteiger partial charge < -0.3 is 10.0 Å². The molecule has 0 aliphatic carbocycles. The molecule has 98 valence electrons. The van der Waals surface area contributed by atoms with Crippen LogP contribution in [0.25, 0.3) is 0 Å². The lowest BCUT2D eigenvalue weighted by Gasteiger charge is -2.42. The van der Waals surface area contributed by atoms with Gasteiger partial charge >= 0.3 is 5.97 Å². The molecule has 4 heteroatoms. The largest absolute Gasteiger partial charge is 0.481 e. The molecular formula is C13H23NO3. The van der Waals surface area contributed by atoms with Gasteiger partial charge in [0.05, 0.1) is 6.42 Å². The van der Waals surface area contributed by atoms with Crippen LogP contribution in [0.4, 0.5) is 0 Å². The molecule has 17 heavy (non-hydrogen) atoms. The molecule has 0 aromatic heterocycles. The van der Waals surface area contributed by atoms with E-state index >= 15 is 0 Å². The number of carbonyl (C=O) groups excluding carboxylic acids is 1. The van der Waals surface area contributed by atoms with E-state index in [1.165, 1.54) is 0 Å². The molecule has 0 aromatic carbocycles. The van der Waals surface area contributed by atoms with Crippen molar-refractivity contribution < 1.29 is 14.7 Å². The van der Waals surface area contributed by atoms with Gasteiger partial charge in [0, 0.05) is 19.5 Å². The molecule has 0 atom stereocenters. The third-order valence-corrected chi connectivity index (χ3v) is 4.20. The predicted molar refractivity (Wildman–Crippen MR) is 65.6 cm³/mol. The van der Waals surface area contributed by atoms with Crippen molar-refractivity contribution in [3.8, 4) is 0 Å². The fourth-order valence-corrected chi connectivity index (χ4v) is 2.22. The summed E-state index contributed by atoms with van der Waals surface area (Å²) in [7, 11) is 0. The Hall–Kier alpha value is -1.06. The normalized spacial score (nSPS) is 19.4. The zero-order chi connectivity index (χ0) is 13.1. The molecule has 1 amide bonds. The van der Waals surface area contributed by atoms with Crippen LogP contribution >= 0.6 is 0 Å². The summed E-state index contributed by atoms with van der Waals surface area (Å²) in [6.07, 6.45) is 2.11. The van der Waals surface area contributed by atoms with Crippen molar-refractivity contribution in [2.45, 2.75) is 46.5 Å². The molecule has 1 heterocycles. The summed E-state index contributed by atoms with van der Waals surface area (Å²) in [6.45, 7) is 8.26. The lowest BCUT2D eigenvalue weighted by atomic mass is 9.72. The first kappa shape index (κ1) is 14.0. The molecule has 1 saturated heterocycles. The Morgan fingerprint density at radius 1 is 1.24 bits per heavy atom. The second-order valence-corrected chi connectivity index (χ2v) is 5.58. The summed E-state index contributed by atoms with van der Waals surface area (Å²) in [5.41, 5.74) is 0.323. The Labute approximate surface area is 103 Å². The lowest BCUT2D eigenvalue weighted by Crippen LogP contribution is -2.44. The van der Waals surface area contributed by atoms with Gasteiger partial charge in [0.25, 0.3) is 0 Å². The molecule has 0 spiro atoms. The number of amides is 1. The van der Waals surface area contributed by atoms with E-state index in [1.807, 2.05) is 4.90 Å². The highest BCUT2D eigenvalue weighted by Gasteiger charge is 2.34. The number of hydrogen-bond donors (Lipinski definition) is 1. The van der Waals surface area contributed by atoms with Crippen LogP contribution in [-0.4, -0.2) is 35.0 Å². The Balaban J connectivity index is 2.41. The molecule has 0 unspecified atom stereocenters. The molecule has 1 N–H and O–H groups in total. The number of rotatable bonds is 4. The zero-order valence-corrected chi connectivity index (χ0v) is 11.0. The molecule has 0 saturated carbocycles. The van der Waals surface area contributed by atoms with E-state index in [2.05, 4.69) is 20.8 Å². The van der Waals surface area contributed by atoms with Crippen molar-refractivity contribution in [3.05, 3.63) is 0 Å². The first-order chi connectivity index (χ1) is 7.85. The predicted octanol–water partition coefficient (Wildman–Crippen LogP) is 2.14. The quantitative estimate of drug-likeness (QED) is 0.820. The monoisotopic (exact) mass is 241 g/mol. The van der Waals surface area contributed by atoms with Crippen molar-refractivity contribution in [1.82, 2.24) is 4.90 Å². The zero-order valence-electron chi connectivity index (χ0n) is 11.0. The van der Waals surface area contributed by atoms with Gasteiger partial charge in [-0.25, -0.2) is 0 Å². The maximum absolute atomic E-state index is 11.7. The number of carboxylic acids is 1. The van der Waals surface area contributed by atoms with Crippen molar-refractivity contribution in [1.29, 1.82) is 0 Å². The van der Waals surface area contributed by atoms with Crippen molar-refractivity contribution in [2.24, 2.45) is 11.3 Å². The highest BCUT2D eigenvalue weighted by atomic mass is 16.4. The minimum absolute atomic E-state index is 0.0155. The summed E-state index contributed by atoms with van der Waals surface area (Å²) in [6, 6.07) is 0. The number of nitrogens with zero attached hydrogens (tertiary/aromatic N) is 1. The first-order valence-electron chi connectivity index (χ1n) is 6.35.